The molecule has 1 N–H and O–H groups in total. The highest BCUT2D eigenvalue weighted by Gasteiger charge is 2.32. The predicted octanol–water partition coefficient (Wildman–Crippen LogP) is 3.60. The van der Waals surface area contributed by atoms with E-state index in [1.165, 1.54) is 4.31 Å². The molecule has 3 rings (SSSR count). The first kappa shape index (κ1) is 22.6. The molecule has 1 aliphatic rings. The van der Waals surface area contributed by atoms with Crippen LogP contribution in [-0.4, -0.2) is 38.3 Å². The number of piperidine rings is 1. The molecule has 2 aromatic rings. The van der Waals surface area contributed by atoms with Crippen molar-refractivity contribution < 1.29 is 17.9 Å². The topological polar surface area (TPSA) is 75.7 Å². The largest absolute Gasteiger partial charge is 0.494 e. The monoisotopic (exact) mass is 450 g/mol. The van der Waals surface area contributed by atoms with Crippen molar-refractivity contribution in [3.05, 3.63) is 64.7 Å². The van der Waals surface area contributed by atoms with Crippen LogP contribution in [0.4, 0.5) is 0 Å². The fraction of sp³-hybridized carbons (Fsp3) is 0.409. The highest BCUT2D eigenvalue weighted by atomic mass is 35.5. The zero-order valence-corrected chi connectivity index (χ0v) is 18.6. The molecule has 1 amide bonds. The lowest BCUT2D eigenvalue weighted by Crippen LogP contribution is -2.45. The molecule has 0 saturated carbocycles. The maximum Gasteiger partial charge on any atom is 0.224 e. The highest BCUT2D eigenvalue weighted by Crippen LogP contribution is 2.22. The molecule has 0 aliphatic carbocycles. The van der Waals surface area contributed by atoms with Crippen LogP contribution in [0.2, 0.25) is 5.02 Å². The van der Waals surface area contributed by atoms with Crippen LogP contribution in [0.3, 0.4) is 0 Å². The Labute approximate surface area is 183 Å². The van der Waals surface area contributed by atoms with Crippen LogP contribution in [0, 0.1) is 5.92 Å². The summed E-state index contributed by atoms with van der Waals surface area (Å²) in [5, 5.41) is 3.50. The van der Waals surface area contributed by atoms with Crippen LogP contribution >= 0.6 is 11.6 Å². The summed E-state index contributed by atoms with van der Waals surface area (Å²) in [5.74, 6) is 0.196. The van der Waals surface area contributed by atoms with Gasteiger partial charge in [-0.05, 0) is 55.2 Å². The third-order valence-electron chi connectivity index (χ3n) is 5.09. The van der Waals surface area contributed by atoms with Gasteiger partial charge in [-0.2, -0.15) is 0 Å². The quantitative estimate of drug-likeness (QED) is 0.666. The zero-order chi connectivity index (χ0) is 21.6. The third-order valence-corrected chi connectivity index (χ3v) is 7.16. The number of hydrogen-bond acceptors (Lipinski definition) is 4. The molecule has 162 valence electrons. The number of halogens is 1. The van der Waals surface area contributed by atoms with Gasteiger partial charge < -0.3 is 10.1 Å². The highest BCUT2D eigenvalue weighted by molar-refractivity contribution is 7.88. The van der Waals surface area contributed by atoms with E-state index in [0.29, 0.717) is 43.1 Å². The van der Waals surface area contributed by atoms with Gasteiger partial charge in [0, 0.05) is 24.7 Å². The summed E-state index contributed by atoms with van der Waals surface area (Å²) >= 11 is 5.87. The average molecular weight is 451 g/mol. The Hall–Kier alpha value is -2.09. The Balaban J connectivity index is 1.57. The standard InChI is InChI=1S/C22H27ClN2O4S/c1-2-29-21-7-3-5-18(13-21)14-24-22(26)19-6-4-12-25(15-19)30(27,28)16-17-8-10-20(23)11-9-17/h3,5,7-11,13,19H,2,4,6,12,14-16H2,1H3,(H,24,26). The van der Waals surface area contributed by atoms with Crippen LogP contribution in [0.1, 0.15) is 30.9 Å². The van der Waals surface area contributed by atoms with E-state index in [0.717, 1.165) is 11.3 Å². The summed E-state index contributed by atoms with van der Waals surface area (Å²) < 4.78 is 32.6. The summed E-state index contributed by atoms with van der Waals surface area (Å²) in [6.07, 6.45) is 1.34. The Morgan fingerprint density at radius 2 is 1.97 bits per heavy atom. The van der Waals surface area contributed by atoms with Crippen molar-refractivity contribution >= 4 is 27.5 Å². The summed E-state index contributed by atoms with van der Waals surface area (Å²) in [5.41, 5.74) is 1.62. The zero-order valence-electron chi connectivity index (χ0n) is 17.0. The minimum Gasteiger partial charge on any atom is -0.494 e. The van der Waals surface area contributed by atoms with Gasteiger partial charge in [0.05, 0.1) is 18.3 Å². The molecule has 0 radical (unpaired) electrons. The number of amides is 1. The molecule has 0 aromatic heterocycles. The van der Waals surface area contributed by atoms with E-state index in [1.54, 1.807) is 24.3 Å². The molecule has 0 spiro atoms. The van der Waals surface area contributed by atoms with E-state index in [9.17, 15) is 13.2 Å². The van der Waals surface area contributed by atoms with Gasteiger partial charge in [0.1, 0.15) is 5.75 Å². The summed E-state index contributed by atoms with van der Waals surface area (Å²) in [6.45, 7) is 3.53. The van der Waals surface area contributed by atoms with Crippen molar-refractivity contribution in [2.75, 3.05) is 19.7 Å². The van der Waals surface area contributed by atoms with E-state index in [1.807, 2.05) is 31.2 Å². The SMILES string of the molecule is CCOc1cccc(CNC(=O)C2CCCN(S(=O)(=O)Cc3ccc(Cl)cc3)C2)c1. The van der Waals surface area contributed by atoms with Gasteiger partial charge in [-0.25, -0.2) is 12.7 Å². The van der Waals surface area contributed by atoms with E-state index < -0.39 is 10.0 Å². The minimum absolute atomic E-state index is 0.0945. The van der Waals surface area contributed by atoms with Crippen molar-refractivity contribution in [1.82, 2.24) is 9.62 Å². The second-order valence-electron chi connectivity index (χ2n) is 7.38. The Kier molecular flexibility index (Phi) is 7.75. The lowest BCUT2D eigenvalue weighted by Gasteiger charge is -2.31. The molecule has 1 saturated heterocycles. The number of rotatable bonds is 8. The maximum absolute atomic E-state index is 12.8. The van der Waals surface area contributed by atoms with E-state index in [4.69, 9.17) is 16.3 Å². The fourth-order valence-corrected chi connectivity index (χ4v) is 5.27. The van der Waals surface area contributed by atoms with Crippen molar-refractivity contribution in [2.45, 2.75) is 32.1 Å². The third kappa shape index (κ3) is 6.20. The molecule has 1 aliphatic heterocycles. The molecule has 1 heterocycles. The fourth-order valence-electron chi connectivity index (χ4n) is 3.54. The lowest BCUT2D eigenvalue weighted by molar-refractivity contribution is -0.126. The van der Waals surface area contributed by atoms with Crippen molar-refractivity contribution in [1.29, 1.82) is 0 Å². The average Bonchev–Trinajstić information content (AvgIpc) is 2.74. The number of carbonyl (C=O) groups excluding carboxylic acids is 1. The van der Waals surface area contributed by atoms with E-state index in [-0.39, 0.29) is 24.1 Å². The first-order valence-electron chi connectivity index (χ1n) is 10.1. The number of hydrogen-bond donors (Lipinski definition) is 1. The van der Waals surface area contributed by atoms with Gasteiger partial charge in [-0.3, -0.25) is 4.79 Å². The molecular formula is C22H27ClN2O4S. The summed E-state index contributed by atoms with van der Waals surface area (Å²) in [4.78, 5) is 12.7. The van der Waals surface area contributed by atoms with Crippen LogP contribution < -0.4 is 10.1 Å². The van der Waals surface area contributed by atoms with Gasteiger partial charge in [0.25, 0.3) is 0 Å². The first-order valence-corrected chi connectivity index (χ1v) is 12.1. The van der Waals surface area contributed by atoms with Crippen LogP contribution in [-0.2, 0) is 27.1 Å². The van der Waals surface area contributed by atoms with Crippen LogP contribution in [0.15, 0.2) is 48.5 Å². The molecule has 1 atom stereocenters. The number of benzene rings is 2. The minimum atomic E-state index is -3.50. The van der Waals surface area contributed by atoms with Crippen molar-refractivity contribution in [3.63, 3.8) is 0 Å². The smallest absolute Gasteiger partial charge is 0.224 e. The Morgan fingerprint density at radius 1 is 1.20 bits per heavy atom. The molecule has 2 aromatic carbocycles. The van der Waals surface area contributed by atoms with E-state index >= 15 is 0 Å². The van der Waals surface area contributed by atoms with Gasteiger partial charge >= 0.3 is 0 Å². The number of ether oxygens (including phenoxy) is 1. The number of nitrogens with zero attached hydrogens (tertiary/aromatic N) is 1. The van der Waals surface area contributed by atoms with Crippen molar-refractivity contribution in [3.8, 4) is 5.75 Å². The number of nitrogens with one attached hydrogen (secondary N) is 1. The molecule has 30 heavy (non-hydrogen) atoms. The predicted molar refractivity (Wildman–Crippen MR) is 118 cm³/mol. The molecule has 8 heteroatoms. The first-order chi connectivity index (χ1) is 14.4. The maximum atomic E-state index is 12.8. The number of sulfonamides is 1. The second-order valence-corrected chi connectivity index (χ2v) is 9.78. The van der Waals surface area contributed by atoms with Gasteiger partial charge in [0.2, 0.25) is 15.9 Å². The van der Waals surface area contributed by atoms with Gasteiger partial charge in [-0.15, -0.1) is 0 Å². The van der Waals surface area contributed by atoms with Crippen LogP contribution in [0.25, 0.3) is 0 Å². The molecule has 1 unspecified atom stereocenters. The van der Waals surface area contributed by atoms with Gasteiger partial charge in [0.15, 0.2) is 0 Å². The second kappa shape index (κ2) is 10.3. The number of carbonyl (C=O) groups is 1. The molecule has 0 bridgehead atoms. The summed E-state index contributed by atoms with van der Waals surface area (Å²) in [6, 6.07) is 14.4. The Morgan fingerprint density at radius 3 is 2.70 bits per heavy atom. The van der Waals surface area contributed by atoms with Crippen LogP contribution in [0.5, 0.6) is 5.75 Å². The normalized spacial score (nSPS) is 17.5. The van der Waals surface area contributed by atoms with Gasteiger partial charge in [-0.1, -0.05) is 35.9 Å². The van der Waals surface area contributed by atoms with Crippen molar-refractivity contribution in [2.24, 2.45) is 5.92 Å². The van der Waals surface area contributed by atoms with E-state index in [2.05, 4.69) is 5.32 Å². The lowest BCUT2D eigenvalue weighted by atomic mass is 9.99. The summed E-state index contributed by atoms with van der Waals surface area (Å²) in [7, 11) is -3.50. The molecule has 1 fully saturated rings. The molecule has 6 nitrogen and oxygen atoms in total. The Bertz CT molecular complexity index is 963. The molecular weight excluding hydrogens is 424 g/mol.